The van der Waals surface area contributed by atoms with Gasteiger partial charge in [-0.25, -0.2) is 9.67 Å². The minimum absolute atomic E-state index is 0.229. The molecular formula is C24H26N6O3. The van der Waals surface area contributed by atoms with Gasteiger partial charge in [-0.3, -0.25) is 14.6 Å². The average molecular weight is 447 g/mol. The molecule has 2 N–H and O–H groups in total. The molecule has 170 valence electrons. The number of aromatic nitrogens is 4. The summed E-state index contributed by atoms with van der Waals surface area (Å²) in [4.78, 5) is 34.7. The van der Waals surface area contributed by atoms with E-state index in [1.165, 1.54) is 0 Å². The van der Waals surface area contributed by atoms with Crippen molar-refractivity contribution in [2.75, 3.05) is 7.05 Å². The zero-order chi connectivity index (χ0) is 23.4. The van der Waals surface area contributed by atoms with Crippen molar-refractivity contribution in [3.63, 3.8) is 0 Å². The van der Waals surface area contributed by atoms with E-state index in [0.717, 1.165) is 11.3 Å². The van der Waals surface area contributed by atoms with Crippen LogP contribution in [0.5, 0.6) is 0 Å². The molecule has 4 aromatic rings. The lowest BCUT2D eigenvalue weighted by atomic mass is 10.0. The Bertz CT molecular complexity index is 1250. The molecule has 4 heterocycles. The van der Waals surface area contributed by atoms with Crippen molar-refractivity contribution in [2.24, 2.45) is 5.92 Å². The van der Waals surface area contributed by atoms with Crippen molar-refractivity contribution in [3.05, 3.63) is 66.5 Å². The number of carbonyl (C=O) groups excluding carboxylic acids is 2. The van der Waals surface area contributed by atoms with Crippen LogP contribution < -0.4 is 10.6 Å². The summed E-state index contributed by atoms with van der Waals surface area (Å²) in [6.45, 7) is 4.38. The second kappa shape index (κ2) is 9.64. The maximum absolute atomic E-state index is 13.4. The largest absolute Gasteiger partial charge is 0.467 e. The quantitative estimate of drug-likeness (QED) is 0.430. The zero-order valence-corrected chi connectivity index (χ0v) is 18.8. The Morgan fingerprint density at radius 3 is 2.70 bits per heavy atom. The molecule has 9 heteroatoms. The van der Waals surface area contributed by atoms with Gasteiger partial charge in [0.1, 0.15) is 18.3 Å². The van der Waals surface area contributed by atoms with Gasteiger partial charge in [-0.15, -0.1) is 0 Å². The maximum Gasteiger partial charge on any atom is 0.252 e. The van der Waals surface area contributed by atoms with E-state index in [0.29, 0.717) is 35.3 Å². The minimum Gasteiger partial charge on any atom is -0.467 e. The number of furan rings is 1. The first-order chi connectivity index (χ1) is 16.0. The van der Waals surface area contributed by atoms with Gasteiger partial charge in [0, 0.05) is 25.0 Å². The Balaban J connectivity index is 1.78. The molecule has 1 atom stereocenters. The van der Waals surface area contributed by atoms with Crippen molar-refractivity contribution in [1.82, 2.24) is 30.4 Å². The predicted octanol–water partition coefficient (Wildman–Crippen LogP) is 3.03. The normalized spacial score (nSPS) is 12.1. The summed E-state index contributed by atoms with van der Waals surface area (Å²) in [7, 11) is 1.56. The molecule has 0 aliphatic heterocycles. The van der Waals surface area contributed by atoms with Crippen LogP contribution in [0.25, 0.3) is 22.3 Å². The van der Waals surface area contributed by atoms with Gasteiger partial charge < -0.3 is 15.1 Å². The molecule has 9 nitrogen and oxygen atoms in total. The lowest BCUT2D eigenvalue weighted by molar-refractivity contribution is -0.122. The van der Waals surface area contributed by atoms with Crippen molar-refractivity contribution in [1.29, 1.82) is 0 Å². The number of pyridine rings is 2. The van der Waals surface area contributed by atoms with Crippen LogP contribution in [0.2, 0.25) is 0 Å². The summed E-state index contributed by atoms with van der Waals surface area (Å²) in [5.74, 6) is 0.353. The molecule has 4 rings (SSSR count). The van der Waals surface area contributed by atoms with Gasteiger partial charge >= 0.3 is 0 Å². The van der Waals surface area contributed by atoms with Crippen LogP contribution in [-0.2, 0) is 11.3 Å². The van der Waals surface area contributed by atoms with E-state index in [9.17, 15) is 9.59 Å². The third-order valence-electron chi connectivity index (χ3n) is 5.27. The molecule has 33 heavy (non-hydrogen) atoms. The van der Waals surface area contributed by atoms with Gasteiger partial charge in [-0.05, 0) is 42.7 Å². The molecular weight excluding hydrogens is 420 g/mol. The molecule has 0 spiro atoms. The molecule has 2 amide bonds. The second-order valence-corrected chi connectivity index (χ2v) is 8.19. The summed E-state index contributed by atoms with van der Waals surface area (Å²) in [5.41, 5.74) is 2.28. The molecule has 0 aliphatic rings. The number of nitrogens with zero attached hydrogens (tertiary/aromatic N) is 4. The lowest BCUT2D eigenvalue weighted by Gasteiger charge is -2.19. The average Bonchev–Trinajstić information content (AvgIpc) is 3.48. The van der Waals surface area contributed by atoms with Crippen LogP contribution in [0.4, 0.5) is 0 Å². The maximum atomic E-state index is 13.4. The van der Waals surface area contributed by atoms with Gasteiger partial charge in [0.2, 0.25) is 5.91 Å². The SMILES string of the molecule is CNC(=O)C(CC(C)C)NC(=O)c1cc(-c2cccnc2)nc2c1cnn2Cc1ccco1. The first-order valence-corrected chi connectivity index (χ1v) is 10.8. The number of amides is 2. The summed E-state index contributed by atoms with van der Waals surface area (Å²) in [5, 5.41) is 10.6. The Morgan fingerprint density at radius 1 is 1.18 bits per heavy atom. The van der Waals surface area contributed by atoms with E-state index < -0.39 is 6.04 Å². The van der Waals surface area contributed by atoms with E-state index in [4.69, 9.17) is 9.40 Å². The Hall–Kier alpha value is -4.01. The standard InChI is InChI=1S/C24H26N6O3/c1-15(2)10-21(24(32)25-3)29-23(31)18-11-20(16-6-4-8-26-12-16)28-22-19(18)13-27-30(22)14-17-7-5-9-33-17/h4-9,11-13,15,21H,10,14H2,1-3H3,(H,25,32)(H,29,31). The Morgan fingerprint density at radius 2 is 2.03 bits per heavy atom. The predicted molar refractivity (Wildman–Crippen MR) is 123 cm³/mol. The zero-order valence-electron chi connectivity index (χ0n) is 18.8. The molecule has 1 unspecified atom stereocenters. The molecule has 0 radical (unpaired) electrons. The van der Waals surface area contributed by atoms with E-state index in [2.05, 4.69) is 20.7 Å². The highest BCUT2D eigenvalue weighted by molar-refractivity contribution is 6.07. The number of carbonyl (C=O) groups is 2. The number of hydrogen-bond acceptors (Lipinski definition) is 6. The number of rotatable bonds is 8. The van der Waals surface area contributed by atoms with E-state index in [1.807, 2.05) is 38.1 Å². The molecule has 4 aromatic heterocycles. The Labute approximate surface area is 191 Å². The first-order valence-electron chi connectivity index (χ1n) is 10.8. The van der Waals surface area contributed by atoms with Gasteiger partial charge in [0.15, 0.2) is 5.65 Å². The molecule has 0 fully saturated rings. The number of hydrogen-bond donors (Lipinski definition) is 2. The minimum atomic E-state index is -0.647. The summed E-state index contributed by atoms with van der Waals surface area (Å²) in [6.07, 6.45) is 7.10. The fraction of sp³-hybridized carbons (Fsp3) is 0.292. The van der Waals surface area contributed by atoms with Crippen molar-refractivity contribution >= 4 is 22.8 Å². The van der Waals surface area contributed by atoms with Gasteiger partial charge in [0.25, 0.3) is 5.91 Å². The highest BCUT2D eigenvalue weighted by Crippen LogP contribution is 2.25. The topological polar surface area (TPSA) is 115 Å². The summed E-state index contributed by atoms with van der Waals surface area (Å²) in [6, 6.07) is 8.41. The van der Waals surface area contributed by atoms with E-state index >= 15 is 0 Å². The van der Waals surface area contributed by atoms with E-state index in [1.54, 1.807) is 42.6 Å². The van der Waals surface area contributed by atoms with E-state index in [-0.39, 0.29) is 17.7 Å². The van der Waals surface area contributed by atoms with Crippen molar-refractivity contribution in [2.45, 2.75) is 32.9 Å². The second-order valence-electron chi connectivity index (χ2n) is 8.19. The van der Waals surface area contributed by atoms with Crippen LogP contribution in [0.1, 0.15) is 36.4 Å². The van der Waals surface area contributed by atoms with Crippen LogP contribution in [0.3, 0.4) is 0 Å². The van der Waals surface area contributed by atoms with Crippen LogP contribution >= 0.6 is 0 Å². The highest BCUT2D eigenvalue weighted by atomic mass is 16.3. The molecule has 0 bridgehead atoms. The summed E-state index contributed by atoms with van der Waals surface area (Å²) < 4.78 is 7.14. The van der Waals surface area contributed by atoms with Crippen LogP contribution in [0.15, 0.2) is 59.6 Å². The van der Waals surface area contributed by atoms with Gasteiger partial charge in [0.05, 0.1) is 29.1 Å². The molecule has 0 saturated heterocycles. The fourth-order valence-electron chi connectivity index (χ4n) is 3.68. The molecule has 0 aromatic carbocycles. The number of nitrogens with one attached hydrogen (secondary N) is 2. The third kappa shape index (κ3) is 4.92. The van der Waals surface area contributed by atoms with Crippen LogP contribution in [0, 0.1) is 5.92 Å². The molecule has 0 saturated carbocycles. The fourth-order valence-corrected chi connectivity index (χ4v) is 3.68. The van der Waals surface area contributed by atoms with Gasteiger partial charge in [-0.1, -0.05) is 13.8 Å². The Kier molecular flexibility index (Phi) is 6.48. The monoisotopic (exact) mass is 446 g/mol. The smallest absolute Gasteiger partial charge is 0.252 e. The molecule has 0 aliphatic carbocycles. The summed E-state index contributed by atoms with van der Waals surface area (Å²) >= 11 is 0. The van der Waals surface area contributed by atoms with Crippen molar-refractivity contribution in [3.8, 4) is 11.3 Å². The number of fused-ring (bicyclic) bond motifs is 1. The first kappa shape index (κ1) is 22.2. The van der Waals surface area contributed by atoms with Crippen molar-refractivity contribution < 1.29 is 14.0 Å². The third-order valence-corrected chi connectivity index (χ3v) is 5.27. The number of likely N-dealkylation sites (N-methyl/N-ethyl adjacent to an activating group) is 1. The van der Waals surface area contributed by atoms with Crippen LogP contribution in [-0.4, -0.2) is 44.7 Å². The van der Waals surface area contributed by atoms with Gasteiger partial charge in [-0.2, -0.15) is 5.10 Å². The lowest BCUT2D eigenvalue weighted by Crippen LogP contribution is -2.46. The highest BCUT2D eigenvalue weighted by Gasteiger charge is 2.24.